The molecule has 0 aromatic carbocycles. The van der Waals surface area contributed by atoms with Crippen LogP contribution in [0.25, 0.3) is 6.08 Å². The largest absolute Gasteiger partial charge is 0.462 e. The maximum Gasteiger partial charge on any atom is 0.341 e. The number of rotatable bonds is 5. The Labute approximate surface area is 174 Å². The second-order valence-corrected chi connectivity index (χ2v) is 10.2. The van der Waals surface area contributed by atoms with Crippen molar-refractivity contribution in [1.82, 2.24) is 0 Å². The number of fused-ring (bicyclic) bond motifs is 1. The molecule has 1 amide bonds. The zero-order chi connectivity index (χ0) is 20.3. The molecule has 150 valence electrons. The number of thiophene rings is 2. The lowest BCUT2D eigenvalue weighted by atomic mass is 9.72. The van der Waals surface area contributed by atoms with Gasteiger partial charge in [0.2, 0.25) is 5.91 Å². The van der Waals surface area contributed by atoms with Crippen molar-refractivity contribution in [1.29, 1.82) is 0 Å². The Balaban J connectivity index is 1.86. The predicted octanol–water partition coefficient (Wildman–Crippen LogP) is 5.79. The van der Waals surface area contributed by atoms with Crippen molar-refractivity contribution in [3.8, 4) is 0 Å². The van der Waals surface area contributed by atoms with Crippen molar-refractivity contribution >= 4 is 45.6 Å². The predicted molar refractivity (Wildman–Crippen MR) is 117 cm³/mol. The molecule has 6 heteroatoms. The van der Waals surface area contributed by atoms with E-state index in [1.165, 1.54) is 22.3 Å². The van der Waals surface area contributed by atoms with Crippen LogP contribution in [0.4, 0.5) is 5.00 Å². The van der Waals surface area contributed by atoms with Crippen LogP contribution in [0.3, 0.4) is 0 Å². The summed E-state index contributed by atoms with van der Waals surface area (Å²) < 4.78 is 5.29. The molecule has 4 nitrogen and oxygen atoms in total. The van der Waals surface area contributed by atoms with Gasteiger partial charge >= 0.3 is 5.97 Å². The summed E-state index contributed by atoms with van der Waals surface area (Å²) in [5.41, 5.74) is 1.83. The second-order valence-electron chi connectivity index (χ2n) is 8.07. The molecule has 0 saturated carbocycles. The number of ether oxygens (including phenoxy) is 1. The Kier molecular flexibility index (Phi) is 6.40. The van der Waals surface area contributed by atoms with E-state index in [0.29, 0.717) is 23.1 Å². The van der Waals surface area contributed by atoms with Crippen LogP contribution >= 0.6 is 22.7 Å². The zero-order valence-corrected chi connectivity index (χ0v) is 18.5. The molecule has 1 N–H and O–H groups in total. The number of nitrogens with one attached hydrogen (secondary N) is 1. The molecule has 28 heavy (non-hydrogen) atoms. The summed E-state index contributed by atoms with van der Waals surface area (Å²) in [7, 11) is 0. The summed E-state index contributed by atoms with van der Waals surface area (Å²) in [6.45, 7) is 8.91. The summed E-state index contributed by atoms with van der Waals surface area (Å²) in [5.74, 6) is -0.00682. The molecule has 0 radical (unpaired) electrons. The van der Waals surface area contributed by atoms with Gasteiger partial charge in [0.1, 0.15) is 5.00 Å². The van der Waals surface area contributed by atoms with Crippen molar-refractivity contribution in [2.24, 2.45) is 11.3 Å². The quantitative estimate of drug-likeness (QED) is 0.495. The van der Waals surface area contributed by atoms with E-state index in [2.05, 4.69) is 26.1 Å². The molecule has 0 unspecified atom stereocenters. The Hall–Kier alpha value is -1.92. The van der Waals surface area contributed by atoms with E-state index in [0.717, 1.165) is 29.7 Å². The highest BCUT2D eigenvalue weighted by molar-refractivity contribution is 7.17. The number of carbonyl (C=O) groups is 2. The Bertz CT molecular complexity index is 872. The fraction of sp³-hybridized carbons (Fsp3) is 0.455. The lowest BCUT2D eigenvalue weighted by molar-refractivity contribution is -0.111. The molecule has 2 aromatic heterocycles. The molecule has 1 aliphatic rings. The summed E-state index contributed by atoms with van der Waals surface area (Å²) >= 11 is 3.10. The van der Waals surface area contributed by atoms with Crippen LogP contribution in [-0.4, -0.2) is 18.5 Å². The Morgan fingerprint density at radius 1 is 1.36 bits per heavy atom. The maximum absolute atomic E-state index is 12.6. The molecule has 0 aliphatic heterocycles. The first kappa shape index (κ1) is 20.8. The van der Waals surface area contributed by atoms with Gasteiger partial charge in [0.25, 0.3) is 0 Å². The van der Waals surface area contributed by atoms with Crippen molar-refractivity contribution in [2.45, 2.75) is 47.0 Å². The van der Waals surface area contributed by atoms with Gasteiger partial charge < -0.3 is 10.1 Å². The zero-order valence-electron chi connectivity index (χ0n) is 16.8. The molecular weight excluding hydrogens is 390 g/mol. The molecular formula is C22H27NO3S2. The van der Waals surface area contributed by atoms with Crippen LogP contribution in [0, 0.1) is 11.3 Å². The van der Waals surface area contributed by atoms with Gasteiger partial charge in [-0.05, 0) is 60.6 Å². The third-order valence-electron chi connectivity index (χ3n) is 5.15. The SMILES string of the molecule is CCOC(=O)c1c(NC(=O)/C=C/c2cccs2)sc2c1CC[C@@H](C(C)(C)C)C2. The van der Waals surface area contributed by atoms with Crippen molar-refractivity contribution < 1.29 is 14.3 Å². The fourth-order valence-electron chi connectivity index (χ4n) is 3.53. The van der Waals surface area contributed by atoms with E-state index in [1.54, 1.807) is 24.3 Å². The number of amides is 1. The third kappa shape index (κ3) is 4.73. The first-order valence-electron chi connectivity index (χ1n) is 9.63. The Morgan fingerprint density at radius 2 is 2.14 bits per heavy atom. The molecule has 3 rings (SSSR count). The average molecular weight is 418 g/mol. The number of hydrogen-bond acceptors (Lipinski definition) is 5. The van der Waals surface area contributed by atoms with E-state index < -0.39 is 0 Å². The molecule has 0 saturated heterocycles. The summed E-state index contributed by atoms with van der Waals surface area (Å²) in [6, 6.07) is 3.90. The topological polar surface area (TPSA) is 55.4 Å². The van der Waals surface area contributed by atoms with E-state index in [9.17, 15) is 9.59 Å². The third-order valence-corrected chi connectivity index (χ3v) is 7.16. The smallest absolute Gasteiger partial charge is 0.341 e. The molecule has 0 bridgehead atoms. The number of carbonyl (C=O) groups excluding carboxylic acids is 2. The number of hydrogen-bond donors (Lipinski definition) is 1. The number of esters is 1. The van der Waals surface area contributed by atoms with Gasteiger partial charge in [0.15, 0.2) is 0 Å². The van der Waals surface area contributed by atoms with Gasteiger partial charge in [0.05, 0.1) is 12.2 Å². The van der Waals surface area contributed by atoms with Crippen molar-refractivity contribution in [3.63, 3.8) is 0 Å². The van der Waals surface area contributed by atoms with E-state index in [-0.39, 0.29) is 17.3 Å². The monoisotopic (exact) mass is 417 g/mol. The summed E-state index contributed by atoms with van der Waals surface area (Å²) in [5, 5.41) is 5.50. The van der Waals surface area contributed by atoms with Gasteiger partial charge in [-0.15, -0.1) is 22.7 Å². The highest BCUT2D eigenvalue weighted by atomic mass is 32.1. The highest BCUT2D eigenvalue weighted by Crippen LogP contribution is 2.44. The van der Waals surface area contributed by atoms with Crippen LogP contribution in [0.5, 0.6) is 0 Å². The van der Waals surface area contributed by atoms with Gasteiger partial charge in [-0.25, -0.2) is 4.79 Å². The van der Waals surface area contributed by atoms with E-state index in [1.807, 2.05) is 17.5 Å². The number of anilines is 1. The average Bonchev–Trinajstić information content (AvgIpc) is 3.26. The van der Waals surface area contributed by atoms with Crippen LogP contribution in [-0.2, 0) is 22.4 Å². The molecule has 0 spiro atoms. The van der Waals surface area contributed by atoms with Gasteiger partial charge in [-0.2, -0.15) is 0 Å². The van der Waals surface area contributed by atoms with Gasteiger partial charge in [0, 0.05) is 15.8 Å². The molecule has 2 heterocycles. The van der Waals surface area contributed by atoms with Gasteiger partial charge in [-0.3, -0.25) is 4.79 Å². The second kappa shape index (κ2) is 8.62. The van der Waals surface area contributed by atoms with Crippen LogP contribution in [0.2, 0.25) is 0 Å². The van der Waals surface area contributed by atoms with Crippen molar-refractivity contribution in [3.05, 3.63) is 44.5 Å². The molecule has 0 fully saturated rings. The van der Waals surface area contributed by atoms with Gasteiger partial charge in [-0.1, -0.05) is 26.8 Å². The minimum Gasteiger partial charge on any atom is -0.462 e. The maximum atomic E-state index is 12.6. The first-order valence-corrected chi connectivity index (χ1v) is 11.3. The highest BCUT2D eigenvalue weighted by Gasteiger charge is 2.34. The van der Waals surface area contributed by atoms with Crippen LogP contribution in [0.15, 0.2) is 23.6 Å². The Morgan fingerprint density at radius 3 is 2.79 bits per heavy atom. The minimum atomic E-state index is -0.341. The normalized spacial score (nSPS) is 16.8. The first-order chi connectivity index (χ1) is 13.3. The lowest BCUT2D eigenvalue weighted by Gasteiger charge is -2.33. The van der Waals surface area contributed by atoms with E-state index in [4.69, 9.17) is 4.74 Å². The summed E-state index contributed by atoms with van der Waals surface area (Å²) in [4.78, 5) is 27.3. The van der Waals surface area contributed by atoms with Crippen LogP contribution < -0.4 is 5.32 Å². The molecule has 2 aromatic rings. The molecule has 1 aliphatic carbocycles. The minimum absolute atomic E-state index is 0.221. The lowest BCUT2D eigenvalue weighted by Crippen LogP contribution is -2.26. The van der Waals surface area contributed by atoms with Crippen LogP contribution in [0.1, 0.15) is 59.8 Å². The fourth-order valence-corrected chi connectivity index (χ4v) is 5.47. The van der Waals surface area contributed by atoms with E-state index >= 15 is 0 Å². The van der Waals surface area contributed by atoms with Crippen molar-refractivity contribution in [2.75, 3.05) is 11.9 Å². The standard InChI is InChI=1S/C22H27NO3S2/c1-5-26-21(25)19-16-10-8-14(22(2,3)4)13-17(16)28-20(19)23-18(24)11-9-15-7-6-12-27-15/h6-7,9,11-12,14H,5,8,10,13H2,1-4H3,(H,23,24)/b11-9+/t14-/m1/s1. The molecule has 1 atom stereocenters. The summed E-state index contributed by atoms with van der Waals surface area (Å²) in [6.07, 6.45) is 6.13.